The molecule has 0 saturated carbocycles. The third-order valence-electron chi connectivity index (χ3n) is 2.80. The van der Waals surface area contributed by atoms with Crippen LogP contribution in [-0.4, -0.2) is 18.0 Å². The molecule has 0 unspecified atom stereocenters. The summed E-state index contributed by atoms with van der Waals surface area (Å²) in [4.78, 5) is 3.98. The van der Waals surface area contributed by atoms with E-state index in [9.17, 15) is 12.8 Å². The number of rotatable bonds is 4. The van der Waals surface area contributed by atoms with Gasteiger partial charge in [0, 0.05) is 17.6 Å². The number of imidazole rings is 1. The molecule has 2 N–H and O–H groups in total. The van der Waals surface area contributed by atoms with Gasteiger partial charge in [-0.15, -0.1) is 0 Å². The Kier molecular flexibility index (Phi) is 4.12. The zero-order chi connectivity index (χ0) is 14.9. The fourth-order valence-corrected chi connectivity index (χ4v) is 2.55. The van der Waals surface area contributed by atoms with Crippen LogP contribution in [0.5, 0.6) is 0 Å². The van der Waals surface area contributed by atoms with Crippen molar-refractivity contribution < 1.29 is 12.8 Å². The Morgan fingerprint density at radius 2 is 2.15 bits per heavy atom. The van der Waals surface area contributed by atoms with Crippen LogP contribution in [-0.2, 0) is 23.0 Å². The van der Waals surface area contributed by atoms with Crippen molar-refractivity contribution in [2.45, 2.75) is 24.9 Å². The minimum Gasteiger partial charge on any atom is -0.329 e. The summed E-state index contributed by atoms with van der Waals surface area (Å²) < 4.78 is 37.2. The molecule has 0 saturated heterocycles. The number of hydrogen-bond acceptors (Lipinski definition) is 3. The number of nitrogens with zero attached hydrogens (tertiary/aromatic N) is 2. The molecule has 108 valence electrons. The Bertz CT molecular complexity index is 743. The van der Waals surface area contributed by atoms with E-state index in [0.29, 0.717) is 24.4 Å². The van der Waals surface area contributed by atoms with E-state index in [1.165, 1.54) is 18.3 Å². The monoisotopic (exact) mass is 317 g/mol. The van der Waals surface area contributed by atoms with Crippen molar-refractivity contribution in [2.75, 3.05) is 0 Å². The highest BCUT2D eigenvalue weighted by Crippen LogP contribution is 2.20. The van der Waals surface area contributed by atoms with Gasteiger partial charge >= 0.3 is 0 Å². The van der Waals surface area contributed by atoms with Gasteiger partial charge in [0.15, 0.2) is 5.03 Å². The van der Waals surface area contributed by atoms with Gasteiger partial charge in [0.05, 0.1) is 6.54 Å². The summed E-state index contributed by atoms with van der Waals surface area (Å²) in [6, 6.07) is 4.05. The number of aryl methyl sites for hydroxylation is 1. The van der Waals surface area contributed by atoms with Gasteiger partial charge in [-0.05, 0) is 17.7 Å². The molecule has 0 amide bonds. The maximum absolute atomic E-state index is 13.0. The predicted molar refractivity (Wildman–Crippen MR) is 73.5 cm³/mol. The molecule has 0 aliphatic carbocycles. The highest BCUT2D eigenvalue weighted by atomic mass is 35.5. The third kappa shape index (κ3) is 3.17. The molecular formula is C12H13ClFN3O2S. The number of aromatic nitrogens is 2. The molecule has 2 rings (SSSR count). The Morgan fingerprint density at radius 3 is 2.70 bits per heavy atom. The zero-order valence-electron chi connectivity index (χ0n) is 10.7. The largest absolute Gasteiger partial charge is 0.329 e. The topological polar surface area (TPSA) is 78.0 Å². The normalized spacial score (nSPS) is 11.8. The summed E-state index contributed by atoms with van der Waals surface area (Å²) in [7, 11) is -3.85. The van der Waals surface area contributed by atoms with Crippen LogP contribution in [0.15, 0.2) is 29.4 Å². The Balaban J connectivity index is 2.40. The van der Waals surface area contributed by atoms with Gasteiger partial charge in [-0.25, -0.2) is 22.9 Å². The van der Waals surface area contributed by atoms with E-state index in [2.05, 4.69) is 4.98 Å². The van der Waals surface area contributed by atoms with Crippen LogP contribution in [0, 0.1) is 5.82 Å². The summed E-state index contributed by atoms with van der Waals surface area (Å²) in [5, 5.41) is 5.15. The van der Waals surface area contributed by atoms with Crippen molar-refractivity contribution in [3.05, 3.63) is 46.6 Å². The molecule has 5 nitrogen and oxygen atoms in total. The number of sulfonamides is 1. The lowest BCUT2D eigenvalue weighted by molar-refractivity contribution is 0.594. The number of nitrogens with two attached hydrogens (primary N) is 1. The van der Waals surface area contributed by atoms with Crippen molar-refractivity contribution in [1.29, 1.82) is 0 Å². The molecule has 0 aliphatic heterocycles. The lowest BCUT2D eigenvalue weighted by atomic mass is 10.2. The van der Waals surface area contributed by atoms with Crippen molar-refractivity contribution in [2.24, 2.45) is 5.14 Å². The Labute approximate surface area is 121 Å². The highest BCUT2D eigenvalue weighted by molar-refractivity contribution is 7.89. The molecule has 8 heteroatoms. The molecule has 2 aromatic rings. The molecule has 0 radical (unpaired) electrons. The number of hydrogen-bond donors (Lipinski definition) is 1. The summed E-state index contributed by atoms with van der Waals surface area (Å²) >= 11 is 5.95. The molecular weight excluding hydrogens is 305 g/mol. The van der Waals surface area contributed by atoms with Crippen molar-refractivity contribution in [1.82, 2.24) is 9.55 Å². The van der Waals surface area contributed by atoms with E-state index in [1.54, 1.807) is 10.6 Å². The minimum atomic E-state index is -3.85. The molecule has 1 aromatic heterocycles. The molecule has 0 aliphatic rings. The van der Waals surface area contributed by atoms with Crippen molar-refractivity contribution in [3.63, 3.8) is 0 Å². The van der Waals surface area contributed by atoms with Crippen LogP contribution >= 0.6 is 11.6 Å². The lowest BCUT2D eigenvalue weighted by Gasteiger charge is -2.08. The molecule has 0 atom stereocenters. The third-order valence-corrected chi connectivity index (χ3v) is 3.93. The zero-order valence-corrected chi connectivity index (χ0v) is 12.2. The van der Waals surface area contributed by atoms with Gasteiger partial charge in [0.2, 0.25) is 0 Å². The Morgan fingerprint density at radius 1 is 1.45 bits per heavy atom. The second kappa shape index (κ2) is 5.51. The average Bonchev–Trinajstić information content (AvgIpc) is 2.75. The van der Waals surface area contributed by atoms with Crippen LogP contribution in [0.25, 0.3) is 0 Å². The van der Waals surface area contributed by atoms with E-state index < -0.39 is 15.8 Å². The van der Waals surface area contributed by atoms with Crippen molar-refractivity contribution >= 4 is 21.6 Å². The lowest BCUT2D eigenvalue weighted by Crippen LogP contribution is -2.12. The van der Waals surface area contributed by atoms with E-state index >= 15 is 0 Å². The van der Waals surface area contributed by atoms with Gasteiger partial charge in [-0.1, -0.05) is 24.6 Å². The maximum Gasteiger partial charge on any atom is 0.257 e. The fraction of sp³-hybridized carbons (Fsp3) is 0.250. The minimum absolute atomic E-state index is 0.187. The molecule has 20 heavy (non-hydrogen) atoms. The Hall–Kier alpha value is -1.44. The second-order valence-corrected chi connectivity index (χ2v) is 6.17. The van der Waals surface area contributed by atoms with Gasteiger partial charge in [-0.3, -0.25) is 0 Å². The predicted octanol–water partition coefficient (Wildman–Crippen LogP) is 1.93. The van der Waals surface area contributed by atoms with Crippen LogP contribution in [0.1, 0.15) is 18.3 Å². The van der Waals surface area contributed by atoms with E-state index in [-0.39, 0.29) is 10.0 Å². The fourth-order valence-electron chi connectivity index (χ4n) is 1.82. The first kappa shape index (κ1) is 15.0. The van der Waals surface area contributed by atoms with Crippen LogP contribution in [0.4, 0.5) is 4.39 Å². The number of primary sulfonamides is 1. The van der Waals surface area contributed by atoms with Crippen LogP contribution in [0.3, 0.4) is 0 Å². The van der Waals surface area contributed by atoms with Gasteiger partial charge in [-0.2, -0.15) is 0 Å². The molecule has 0 fully saturated rings. The second-order valence-electron chi connectivity index (χ2n) is 4.26. The molecule has 0 bridgehead atoms. The summed E-state index contributed by atoms with van der Waals surface area (Å²) in [6.07, 6.45) is 1.89. The van der Waals surface area contributed by atoms with Gasteiger partial charge in [0.25, 0.3) is 10.0 Å². The van der Waals surface area contributed by atoms with Crippen LogP contribution < -0.4 is 5.14 Å². The SMILES string of the molecule is CCc1nc(S(N)(=O)=O)cn1Cc1ccc(F)cc1Cl. The molecule has 1 heterocycles. The van der Waals surface area contributed by atoms with E-state index in [0.717, 1.165) is 0 Å². The van der Waals surface area contributed by atoms with Gasteiger partial charge in [0.1, 0.15) is 11.6 Å². The molecule has 1 aromatic carbocycles. The van der Waals surface area contributed by atoms with Crippen LogP contribution in [0.2, 0.25) is 5.02 Å². The quantitative estimate of drug-likeness (QED) is 0.936. The first-order valence-corrected chi connectivity index (χ1v) is 7.76. The van der Waals surface area contributed by atoms with Crippen molar-refractivity contribution in [3.8, 4) is 0 Å². The van der Waals surface area contributed by atoms with E-state index in [4.69, 9.17) is 16.7 Å². The summed E-state index contributed by atoms with van der Waals surface area (Å²) in [6.45, 7) is 2.14. The highest BCUT2D eigenvalue weighted by Gasteiger charge is 2.16. The molecule has 0 spiro atoms. The standard InChI is InChI=1S/C12H13ClFN3O2S/c1-2-11-16-12(20(15,18)19)7-17(11)6-8-3-4-9(14)5-10(8)13/h3-5,7H,2,6H2,1H3,(H2,15,18,19). The smallest absolute Gasteiger partial charge is 0.257 e. The number of halogens is 2. The maximum atomic E-state index is 13.0. The van der Waals surface area contributed by atoms with E-state index in [1.807, 2.05) is 6.92 Å². The number of benzene rings is 1. The first-order chi connectivity index (χ1) is 9.31. The van der Waals surface area contributed by atoms with Gasteiger partial charge < -0.3 is 4.57 Å². The summed E-state index contributed by atoms with van der Waals surface area (Å²) in [5.41, 5.74) is 0.668. The average molecular weight is 318 g/mol. The summed E-state index contributed by atoms with van der Waals surface area (Å²) in [5.74, 6) is 0.139. The first-order valence-electron chi connectivity index (χ1n) is 5.84.